The van der Waals surface area contributed by atoms with Gasteiger partial charge in [0.05, 0.1) is 0 Å². The molecule has 0 aromatic carbocycles. The van der Waals surface area contributed by atoms with Crippen LogP contribution in [0.3, 0.4) is 0 Å². The normalized spacial score (nSPS) is 19.0. The van der Waals surface area contributed by atoms with Crippen LogP contribution in [-0.2, 0) is 4.79 Å². The molecule has 1 unspecified atom stereocenters. The third kappa shape index (κ3) is 5.01. The van der Waals surface area contributed by atoms with E-state index in [1.165, 1.54) is 6.07 Å². The van der Waals surface area contributed by atoms with Crippen LogP contribution in [-0.4, -0.2) is 45.6 Å². The van der Waals surface area contributed by atoms with Crippen LogP contribution in [0.5, 0.6) is 0 Å². The van der Waals surface area contributed by atoms with Crippen molar-refractivity contribution in [1.82, 2.24) is 20.0 Å². The van der Waals surface area contributed by atoms with Crippen molar-refractivity contribution < 1.29 is 18.4 Å². The summed E-state index contributed by atoms with van der Waals surface area (Å²) in [5.41, 5.74) is -0.0393. The molecule has 0 aliphatic carbocycles. The van der Waals surface area contributed by atoms with Gasteiger partial charge in [0.1, 0.15) is 5.69 Å². The molecule has 1 aliphatic rings. The lowest BCUT2D eigenvalue weighted by Crippen LogP contribution is -2.36. The Labute approximate surface area is 140 Å². The molecule has 134 valence electrons. The van der Waals surface area contributed by atoms with Gasteiger partial charge in [-0.15, -0.1) is 0 Å². The van der Waals surface area contributed by atoms with Crippen molar-refractivity contribution in [2.45, 2.75) is 52.1 Å². The second-order valence-corrected chi connectivity index (χ2v) is 6.52. The van der Waals surface area contributed by atoms with E-state index in [1.54, 1.807) is 0 Å². The maximum Gasteiger partial charge on any atom is 0.333 e. The van der Waals surface area contributed by atoms with Gasteiger partial charge < -0.3 is 10.2 Å². The van der Waals surface area contributed by atoms with Gasteiger partial charge in [-0.1, -0.05) is 13.8 Å². The van der Waals surface area contributed by atoms with E-state index in [1.807, 2.05) is 4.90 Å². The monoisotopic (exact) mass is 342 g/mol. The number of nitrogens with zero attached hydrogens (tertiary/aromatic N) is 3. The Hall–Kier alpha value is -1.99. The zero-order chi connectivity index (χ0) is 17.7. The number of amides is 2. The Balaban J connectivity index is 1.88. The molecule has 2 amide bonds. The molecule has 1 aromatic rings. The molecule has 0 spiro atoms. The highest BCUT2D eigenvalue weighted by molar-refractivity contribution is 5.92. The molecule has 2 rings (SSSR count). The number of hydrogen-bond donors (Lipinski definition) is 1. The van der Waals surface area contributed by atoms with Gasteiger partial charge in [-0.05, 0) is 31.2 Å². The largest absolute Gasteiger partial charge is 0.348 e. The van der Waals surface area contributed by atoms with Crippen molar-refractivity contribution in [3.63, 3.8) is 0 Å². The Bertz CT molecular complexity index is 574. The summed E-state index contributed by atoms with van der Waals surface area (Å²) in [5, 5.41) is 6.35. The third-order valence-electron chi connectivity index (χ3n) is 4.16. The average Bonchev–Trinajstić information content (AvgIpc) is 2.95. The average molecular weight is 342 g/mol. The number of alkyl halides is 2. The maximum atomic E-state index is 12.5. The van der Waals surface area contributed by atoms with Gasteiger partial charge in [0.2, 0.25) is 5.91 Å². The fourth-order valence-electron chi connectivity index (χ4n) is 2.66. The van der Waals surface area contributed by atoms with Gasteiger partial charge in [-0.3, -0.25) is 9.59 Å². The lowest BCUT2D eigenvalue weighted by molar-refractivity contribution is -0.130. The van der Waals surface area contributed by atoms with E-state index in [0.29, 0.717) is 36.4 Å². The summed E-state index contributed by atoms with van der Waals surface area (Å²) < 4.78 is 25.4. The van der Waals surface area contributed by atoms with Gasteiger partial charge in [0.15, 0.2) is 0 Å². The number of hydrogen-bond acceptors (Lipinski definition) is 3. The minimum Gasteiger partial charge on any atom is -0.348 e. The minimum absolute atomic E-state index is 0.0393. The smallest absolute Gasteiger partial charge is 0.333 e. The fourth-order valence-corrected chi connectivity index (χ4v) is 2.66. The third-order valence-corrected chi connectivity index (χ3v) is 4.16. The van der Waals surface area contributed by atoms with Crippen molar-refractivity contribution in [3.8, 4) is 0 Å². The van der Waals surface area contributed by atoms with E-state index in [0.717, 1.165) is 19.2 Å². The second kappa shape index (κ2) is 8.21. The van der Waals surface area contributed by atoms with Gasteiger partial charge in [-0.2, -0.15) is 13.9 Å². The zero-order valence-corrected chi connectivity index (χ0v) is 14.0. The summed E-state index contributed by atoms with van der Waals surface area (Å²) in [6, 6.07) is 1.11. The number of likely N-dealkylation sites (tertiary alicyclic amines) is 1. The number of rotatable bonds is 6. The summed E-state index contributed by atoms with van der Waals surface area (Å²) in [7, 11) is 0. The van der Waals surface area contributed by atoms with E-state index < -0.39 is 12.5 Å². The predicted molar refractivity (Wildman–Crippen MR) is 84.6 cm³/mol. The summed E-state index contributed by atoms with van der Waals surface area (Å²) >= 11 is 0. The lowest BCUT2D eigenvalue weighted by atomic mass is 10.1. The quantitative estimate of drug-likeness (QED) is 0.863. The molecule has 1 aromatic heterocycles. The molecule has 6 nitrogen and oxygen atoms in total. The van der Waals surface area contributed by atoms with Crippen LogP contribution in [0.1, 0.15) is 56.6 Å². The summed E-state index contributed by atoms with van der Waals surface area (Å²) in [6.07, 6.45) is 3.62. The van der Waals surface area contributed by atoms with Gasteiger partial charge >= 0.3 is 6.55 Å². The van der Waals surface area contributed by atoms with Gasteiger partial charge in [-0.25, -0.2) is 4.68 Å². The minimum atomic E-state index is -2.77. The van der Waals surface area contributed by atoms with Crippen LogP contribution in [0.4, 0.5) is 8.78 Å². The molecule has 0 saturated carbocycles. The standard InChI is InChI=1S/C16H24F2N4O2/c1-11(2)5-8-21-9-6-12(3-4-14(21)23)19-15(24)13-7-10-22(20-13)16(17)18/h7,10-12,16H,3-6,8-9H2,1-2H3,(H,19,24). The molecular weight excluding hydrogens is 318 g/mol. The fraction of sp³-hybridized carbons (Fsp3) is 0.688. The first-order chi connectivity index (χ1) is 11.4. The summed E-state index contributed by atoms with van der Waals surface area (Å²) in [6.45, 7) is 2.79. The Morgan fingerprint density at radius 2 is 2.17 bits per heavy atom. The van der Waals surface area contributed by atoms with Crippen molar-refractivity contribution >= 4 is 11.8 Å². The van der Waals surface area contributed by atoms with E-state index in [9.17, 15) is 18.4 Å². The topological polar surface area (TPSA) is 67.2 Å². The molecular formula is C16H24F2N4O2. The summed E-state index contributed by atoms with van der Waals surface area (Å²) in [5.74, 6) is 0.151. The first-order valence-electron chi connectivity index (χ1n) is 8.28. The second-order valence-electron chi connectivity index (χ2n) is 6.52. The zero-order valence-electron chi connectivity index (χ0n) is 14.0. The van der Waals surface area contributed by atoms with Crippen LogP contribution in [0, 0.1) is 5.92 Å². The van der Waals surface area contributed by atoms with Crippen LogP contribution in [0.25, 0.3) is 0 Å². The number of halogens is 2. The van der Waals surface area contributed by atoms with Crippen LogP contribution in [0.2, 0.25) is 0 Å². The molecule has 24 heavy (non-hydrogen) atoms. The molecule has 8 heteroatoms. The summed E-state index contributed by atoms with van der Waals surface area (Å²) in [4.78, 5) is 26.1. The molecule has 1 atom stereocenters. The van der Waals surface area contributed by atoms with Crippen molar-refractivity contribution in [1.29, 1.82) is 0 Å². The van der Waals surface area contributed by atoms with Crippen molar-refractivity contribution in [3.05, 3.63) is 18.0 Å². The highest BCUT2D eigenvalue weighted by Crippen LogP contribution is 2.15. The van der Waals surface area contributed by atoms with Crippen LogP contribution >= 0.6 is 0 Å². The first kappa shape index (κ1) is 18.4. The number of aromatic nitrogens is 2. The Kier molecular flexibility index (Phi) is 6.28. The van der Waals surface area contributed by atoms with Crippen molar-refractivity contribution in [2.24, 2.45) is 5.92 Å². The van der Waals surface area contributed by atoms with Crippen molar-refractivity contribution in [2.75, 3.05) is 13.1 Å². The molecule has 1 N–H and O–H groups in total. The molecule has 1 saturated heterocycles. The SMILES string of the molecule is CC(C)CCN1CCC(NC(=O)c2ccn(C(F)F)n2)CCC1=O. The lowest BCUT2D eigenvalue weighted by Gasteiger charge is -2.22. The van der Waals surface area contributed by atoms with E-state index >= 15 is 0 Å². The maximum absolute atomic E-state index is 12.5. The van der Waals surface area contributed by atoms with Crippen LogP contribution < -0.4 is 5.32 Å². The number of carbonyl (C=O) groups is 2. The Morgan fingerprint density at radius 1 is 1.42 bits per heavy atom. The first-order valence-corrected chi connectivity index (χ1v) is 8.28. The Morgan fingerprint density at radius 3 is 2.79 bits per heavy atom. The van der Waals surface area contributed by atoms with Gasteiger partial charge in [0.25, 0.3) is 5.91 Å². The van der Waals surface area contributed by atoms with Gasteiger partial charge in [0, 0.05) is 31.7 Å². The predicted octanol–water partition coefficient (Wildman–Crippen LogP) is 2.44. The number of carbonyl (C=O) groups excluding carboxylic acids is 2. The molecule has 2 heterocycles. The highest BCUT2D eigenvalue weighted by atomic mass is 19.3. The highest BCUT2D eigenvalue weighted by Gasteiger charge is 2.24. The molecule has 1 fully saturated rings. The van der Waals surface area contributed by atoms with Crippen LogP contribution in [0.15, 0.2) is 12.3 Å². The molecule has 1 aliphatic heterocycles. The molecule has 0 radical (unpaired) electrons. The van der Waals surface area contributed by atoms with E-state index in [-0.39, 0.29) is 17.6 Å². The number of nitrogens with one attached hydrogen (secondary N) is 1. The van der Waals surface area contributed by atoms with E-state index in [2.05, 4.69) is 24.3 Å². The van der Waals surface area contributed by atoms with E-state index in [4.69, 9.17) is 0 Å². The molecule has 0 bridgehead atoms.